The highest BCUT2D eigenvalue weighted by molar-refractivity contribution is 6.02. The van der Waals surface area contributed by atoms with Gasteiger partial charge in [0.1, 0.15) is 0 Å². The number of nitrogens with zero attached hydrogens (tertiary/aromatic N) is 1. The number of esters is 1. The van der Waals surface area contributed by atoms with Crippen LogP contribution in [0.25, 0.3) is 10.8 Å². The average Bonchev–Trinajstić information content (AvgIpc) is 3.02. The third-order valence-electron chi connectivity index (χ3n) is 4.52. The highest BCUT2D eigenvalue weighted by atomic mass is 16.5. The molecule has 3 rings (SSSR count). The van der Waals surface area contributed by atoms with Gasteiger partial charge in [0.25, 0.3) is 5.91 Å². The first-order chi connectivity index (χ1) is 12.5. The van der Waals surface area contributed by atoms with E-state index in [4.69, 9.17) is 4.74 Å². The van der Waals surface area contributed by atoms with Gasteiger partial charge in [0, 0.05) is 30.1 Å². The largest absolute Gasteiger partial charge is 0.455 e. The minimum absolute atomic E-state index is 0.0509. The molecule has 26 heavy (non-hydrogen) atoms. The van der Waals surface area contributed by atoms with Crippen molar-refractivity contribution in [3.8, 4) is 0 Å². The first kappa shape index (κ1) is 17.9. The molecule has 1 N–H and O–H groups in total. The molecule has 0 radical (unpaired) electrons. The lowest BCUT2D eigenvalue weighted by Gasteiger charge is -2.20. The molecule has 1 saturated heterocycles. The standard InChI is InChI=1S/C20H22N2O4/c1-13(2)22-11-15(10-19(22)24)20(25)26-12-18(23)21-17-9-5-7-14-6-3-4-8-16(14)17/h3-9,13,15H,10-12H2,1-2H3,(H,21,23). The van der Waals surface area contributed by atoms with Crippen LogP contribution in [0, 0.1) is 5.92 Å². The van der Waals surface area contributed by atoms with E-state index in [1.807, 2.05) is 50.2 Å². The summed E-state index contributed by atoms with van der Waals surface area (Å²) in [6, 6.07) is 13.4. The SMILES string of the molecule is CC(C)N1CC(C(=O)OCC(=O)Nc2cccc3ccccc23)CC1=O. The lowest BCUT2D eigenvalue weighted by atomic mass is 10.1. The summed E-state index contributed by atoms with van der Waals surface area (Å²) < 4.78 is 5.12. The van der Waals surface area contributed by atoms with Crippen LogP contribution in [0.4, 0.5) is 5.69 Å². The fraction of sp³-hybridized carbons (Fsp3) is 0.350. The van der Waals surface area contributed by atoms with Crippen molar-refractivity contribution in [2.75, 3.05) is 18.5 Å². The Morgan fingerprint density at radius 3 is 2.65 bits per heavy atom. The molecule has 136 valence electrons. The molecule has 0 bridgehead atoms. The molecule has 1 aliphatic heterocycles. The summed E-state index contributed by atoms with van der Waals surface area (Å²) >= 11 is 0. The van der Waals surface area contributed by atoms with E-state index in [1.54, 1.807) is 11.0 Å². The maximum Gasteiger partial charge on any atom is 0.311 e. The van der Waals surface area contributed by atoms with Crippen LogP contribution in [0.3, 0.4) is 0 Å². The van der Waals surface area contributed by atoms with Gasteiger partial charge in [-0.15, -0.1) is 0 Å². The van der Waals surface area contributed by atoms with Crippen LogP contribution in [-0.4, -0.2) is 41.9 Å². The summed E-state index contributed by atoms with van der Waals surface area (Å²) in [5.41, 5.74) is 0.672. The van der Waals surface area contributed by atoms with E-state index in [2.05, 4.69) is 5.32 Å². The van der Waals surface area contributed by atoms with Gasteiger partial charge in [-0.2, -0.15) is 0 Å². The highest BCUT2D eigenvalue weighted by Crippen LogP contribution is 2.23. The highest BCUT2D eigenvalue weighted by Gasteiger charge is 2.36. The van der Waals surface area contributed by atoms with Crippen molar-refractivity contribution < 1.29 is 19.1 Å². The van der Waals surface area contributed by atoms with E-state index >= 15 is 0 Å². The fourth-order valence-corrected chi connectivity index (χ4v) is 3.16. The minimum Gasteiger partial charge on any atom is -0.455 e. The number of likely N-dealkylation sites (tertiary alicyclic amines) is 1. The number of hydrogen-bond acceptors (Lipinski definition) is 4. The van der Waals surface area contributed by atoms with Gasteiger partial charge >= 0.3 is 5.97 Å². The van der Waals surface area contributed by atoms with E-state index in [0.29, 0.717) is 12.2 Å². The minimum atomic E-state index is -0.505. The summed E-state index contributed by atoms with van der Waals surface area (Å²) in [4.78, 5) is 37.8. The van der Waals surface area contributed by atoms with Gasteiger partial charge in [-0.1, -0.05) is 36.4 Å². The number of anilines is 1. The molecule has 1 aliphatic rings. The van der Waals surface area contributed by atoms with Crippen LogP contribution < -0.4 is 5.32 Å². The fourth-order valence-electron chi connectivity index (χ4n) is 3.16. The van der Waals surface area contributed by atoms with Gasteiger partial charge in [-0.3, -0.25) is 14.4 Å². The number of fused-ring (bicyclic) bond motifs is 1. The molecule has 0 aromatic heterocycles. The second-order valence-electron chi connectivity index (χ2n) is 6.72. The Morgan fingerprint density at radius 1 is 1.19 bits per heavy atom. The molecule has 6 nitrogen and oxygen atoms in total. The monoisotopic (exact) mass is 354 g/mol. The molecule has 2 aromatic carbocycles. The van der Waals surface area contributed by atoms with Crippen molar-refractivity contribution in [2.24, 2.45) is 5.92 Å². The molecule has 0 saturated carbocycles. The molecular formula is C20H22N2O4. The number of carbonyl (C=O) groups is 3. The average molecular weight is 354 g/mol. The van der Waals surface area contributed by atoms with Crippen LogP contribution in [-0.2, 0) is 19.1 Å². The maximum atomic E-state index is 12.1. The molecule has 1 atom stereocenters. The van der Waals surface area contributed by atoms with Crippen LogP contribution >= 0.6 is 0 Å². The molecule has 0 aliphatic carbocycles. The van der Waals surface area contributed by atoms with E-state index in [9.17, 15) is 14.4 Å². The first-order valence-electron chi connectivity index (χ1n) is 8.69. The molecule has 1 unspecified atom stereocenters. The molecular weight excluding hydrogens is 332 g/mol. The van der Waals surface area contributed by atoms with Gasteiger partial charge < -0.3 is 15.0 Å². The van der Waals surface area contributed by atoms with Gasteiger partial charge in [0.05, 0.1) is 5.92 Å². The quantitative estimate of drug-likeness (QED) is 0.838. The molecule has 2 amide bonds. The second kappa shape index (κ2) is 7.56. The normalized spacial score (nSPS) is 17.0. The van der Waals surface area contributed by atoms with E-state index in [1.165, 1.54) is 0 Å². The Morgan fingerprint density at radius 2 is 1.92 bits per heavy atom. The van der Waals surface area contributed by atoms with Crippen LogP contribution in [0.1, 0.15) is 20.3 Å². The zero-order chi connectivity index (χ0) is 18.7. The lowest BCUT2D eigenvalue weighted by Crippen LogP contribution is -2.33. The molecule has 0 spiro atoms. The second-order valence-corrected chi connectivity index (χ2v) is 6.72. The summed E-state index contributed by atoms with van der Waals surface area (Å²) in [5, 5.41) is 4.71. The maximum absolute atomic E-state index is 12.1. The zero-order valence-corrected chi connectivity index (χ0v) is 14.9. The number of nitrogens with one attached hydrogen (secondary N) is 1. The summed E-state index contributed by atoms with van der Waals surface area (Å²) in [5.74, 6) is -1.47. The van der Waals surface area contributed by atoms with Gasteiger partial charge in [-0.05, 0) is 25.3 Å². The zero-order valence-electron chi connectivity index (χ0n) is 14.9. The first-order valence-corrected chi connectivity index (χ1v) is 8.69. The lowest BCUT2D eigenvalue weighted by molar-refractivity contribution is -0.151. The molecule has 1 heterocycles. The van der Waals surface area contributed by atoms with Crippen molar-refractivity contribution in [3.63, 3.8) is 0 Å². The third-order valence-corrected chi connectivity index (χ3v) is 4.52. The summed E-state index contributed by atoms with van der Waals surface area (Å²) in [6.45, 7) is 3.79. The number of amides is 2. The van der Waals surface area contributed by atoms with Gasteiger partial charge in [0.2, 0.25) is 5.91 Å². The van der Waals surface area contributed by atoms with Crippen LogP contribution in [0.5, 0.6) is 0 Å². The number of rotatable bonds is 5. The molecule has 1 fully saturated rings. The number of ether oxygens (including phenoxy) is 1. The van der Waals surface area contributed by atoms with Crippen molar-refractivity contribution in [1.29, 1.82) is 0 Å². The Labute approximate surface area is 152 Å². The van der Waals surface area contributed by atoms with Crippen molar-refractivity contribution in [3.05, 3.63) is 42.5 Å². The van der Waals surface area contributed by atoms with E-state index < -0.39 is 17.8 Å². The van der Waals surface area contributed by atoms with Gasteiger partial charge in [-0.25, -0.2) is 0 Å². The summed E-state index contributed by atoms with van der Waals surface area (Å²) in [7, 11) is 0. The van der Waals surface area contributed by atoms with Crippen LogP contribution in [0.15, 0.2) is 42.5 Å². The predicted molar refractivity (Wildman–Crippen MR) is 98.5 cm³/mol. The Balaban J connectivity index is 1.56. The molecule has 6 heteroatoms. The van der Waals surface area contributed by atoms with Crippen molar-refractivity contribution in [2.45, 2.75) is 26.3 Å². The predicted octanol–water partition coefficient (Wildman–Crippen LogP) is 2.58. The third kappa shape index (κ3) is 3.85. The topological polar surface area (TPSA) is 75.7 Å². The number of hydrogen-bond donors (Lipinski definition) is 1. The van der Waals surface area contributed by atoms with Crippen molar-refractivity contribution in [1.82, 2.24) is 4.90 Å². The van der Waals surface area contributed by atoms with E-state index in [0.717, 1.165) is 10.8 Å². The van der Waals surface area contributed by atoms with Gasteiger partial charge in [0.15, 0.2) is 6.61 Å². The Hall–Kier alpha value is -2.89. The number of benzene rings is 2. The Kier molecular flexibility index (Phi) is 5.21. The van der Waals surface area contributed by atoms with Crippen molar-refractivity contribution >= 4 is 34.2 Å². The Bertz CT molecular complexity index is 841. The van der Waals surface area contributed by atoms with Crippen LogP contribution in [0.2, 0.25) is 0 Å². The van der Waals surface area contributed by atoms with E-state index in [-0.39, 0.29) is 25.0 Å². The number of carbonyl (C=O) groups excluding carboxylic acids is 3. The summed E-state index contributed by atoms with van der Waals surface area (Å²) in [6.07, 6.45) is 0.141. The molecule has 2 aromatic rings. The smallest absolute Gasteiger partial charge is 0.311 e.